The summed E-state index contributed by atoms with van der Waals surface area (Å²) in [5, 5.41) is 13.0. The van der Waals surface area contributed by atoms with E-state index in [2.05, 4.69) is 5.32 Å². The van der Waals surface area contributed by atoms with Gasteiger partial charge in [0.25, 0.3) is 11.5 Å². The van der Waals surface area contributed by atoms with Gasteiger partial charge in [0.1, 0.15) is 27.6 Å². The molecule has 188 valence electrons. The zero-order valence-electron chi connectivity index (χ0n) is 20.2. The first-order valence-electron chi connectivity index (χ1n) is 11.9. The van der Waals surface area contributed by atoms with Crippen molar-refractivity contribution in [1.82, 2.24) is 9.47 Å². The van der Waals surface area contributed by atoms with Crippen LogP contribution in [0, 0.1) is 24.1 Å². The van der Waals surface area contributed by atoms with Gasteiger partial charge in [0, 0.05) is 25.3 Å². The molecule has 1 N–H and O–H groups in total. The van der Waals surface area contributed by atoms with Gasteiger partial charge in [0.05, 0.1) is 17.6 Å². The van der Waals surface area contributed by atoms with E-state index in [4.69, 9.17) is 17.0 Å². The lowest BCUT2D eigenvalue weighted by atomic mass is 10.0. The normalized spacial score (nSPS) is 18.8. The minimum absolute atomic E-state index is 0.0295. The molecule has 2 aromatic rings. The average Bonchev–Trinajstić information content (AvgIpc) is 3.47. The van der Waals surface area contributed by atoms with E-state index < -0.39 is 0 Å². The van der Waals surface area contributed by atoms with E-state index >= 15 is 0 Å². The Hall–Kier alpha value is -3.00. The number of anilines is 1. The molecular weight excluding hydrogens is 499 g/mol. The second-order valence-electron chi connectivity index (χ2n) is 8.74. The molecule has 0 radical (unpaired) electrons. The van der Waals surface area contributed by atoms with Crippen LogP contribution in [0.1, 0.15) is 48.4 Å². The molecule has 3 heterocycles. The second-order valence-corrected chi connectivity index (χ2v) is 10.4. The number of rotatable bonds is 8. The highest BCUT2D eigenvalue weighted by Gasteiger charge is 2.35. The number of halogens is 1. The summed E-state index contributed by atoms with van der Waals surface area (Å²) in [6.45, 7) is 5.47. The molecule has 4 rings (SSSR count). The Balaban J connectivity index is 1.75. The van der Waals surface area contributed by atoms with E-state index in [1.807, 2.05) is 13.0 Å². The molecule has 1 amide bonds. The van der Waals surface area contributed by atoms with Crippen molar-refractivity contribution in [3.63, 3.8) is 0 Å². The van der Waals surface area contributed by atoms with Gasteiger partial charge in [-0.2, -0.15) is 5.26 Å². The lowest BCUT2D eigenvalue weighted by Gasteiger charge is -2.20. The van der Waals surface area contributed by atoms with Crippen molar-refractivity contribution < 1.29 is 13.9 Å². The van der Waals surface area contributed by atoms with Crippen molar-refractivity contribution >= 4 is 46.1 Å². The summed E-state index contributed by atoms with van der Waals surface area (Å²) in [7, 11) is 0. The minimum Gasteiger partial charge on any atom is -0.376 e. The van der Waals surface area contributed by atoms with Crippen LogP contribution in [0.5, 0.6) is 0 Å². The zero-order valence-corrected chi connectivity index (χ0v) is 21.8. The first kappa shape index (κ1) is 26.1. The number of nitrogens with zero attached hydrogens (tertiary/aromatic N) is 3. The molecule has 7 nitrogen and oxygen atoms in total. The Morgan fingerprint density at radius 3 is 2.72 bits per heavy atom. The Bertz CT molecular complexity index is 1310. The van der Waals surface area contributed by atoms with Crippen LogP contribution >= 0.6 is 24.0 Å². The third-order valence-corrected chi connectivity index (χ3v) is 7.63. The van der Waals surface area contributed by atoms with Gasteiger partial charge in [-0.25, -0.2) is 4.39 Å². The number of carbonyl (C=O) groups excluding carboxylic acids is 1. The van der Waals surface area contributed by atoms with Gasteiger partial charge in [-0.3, -0.25) is 19.1 Å². The topological polar surface area (TPSA) is 87.4 Å². The molecule has 1 aromatic carbocycles. The smallest absolute Gasteiger partial charge is 0.270 e. The van der Waals surface area contributed by atoms with Gasteiger partial charge in [-0.05, 0) is 55.5 Å². The second kappa shape index (κ2) is 11.4. The quantitative estimate of drug-likeness (QED) is 0.398. The molecule has 0 bridgehead atoms. The average molecular weight is 527 g/mol. The molecule has 2 saturated heterocycles. The molecule has 2 aliphatic rings. The predicted octanol–water partition coefficient (Wildman–Crippen LogP) is 4.57. The number of thiocarbonyl (C=S) groups is 1. The molecule has 0 saturated carbocycles. The Morgan fingerprint density at radius 1 is 1.33 bits per heavy atom. The van der Waals surface area contributed by atoms with E-state index in [1.54, 1.807) is 30.0 Å². The largest absolute Gasteiger partial charge is 0.376 e. The highest BCUT2D eigenvalue weighted by Crippen LogP contribution is 2.36. The van der Waals surface area contributed by atoms with Crippen LogP contribution in [0.4, 0.5) is 10.2 Å². The number of nitriles is 1. The maximum atomic E-state index is 13.4. The minimum atomic E-state index is -0.387. The fraction of sp³-hybridized carbons (Fsp3) is 0.385. The van der Waals surface area contributed by atoms with Crippen LogP contribution in [-0.4, -0.2) is 39.0 Å². The van der Waals surface area contributed by atoms with Crippen molar-refractivity contribution in [3.8, 4) is 6.07 Å². The van der Waals surface area contributed by atoms with Crippen LogP contribution in [0.15, 0.2) is 34.0 Å². The number of thioether (sulfide) groups is 1. The van der Waals surface area contributed by atoms with Crippen molar-refractivity contribution in [2.45, 2.75) is 52.3 Å². The number of benzene rings is 1. The van der Waals surface area contributed by atoms with Gasteiger partial charge in [-0.1, -0.05) is 43.0 Å². The zero-order chi connectivity index (χ0) is 25.8. The molecular formula is C26H27FN4O3S2. The summed E-state index contributed by atoms with van der Waals surface area (Å²) in [6, 6.07) is 8.11. The maximum absolute atomic E-state index is 13.4. The number of nitrogens with one attached hydrogen (secondary N) is 1. The molecule has 1 atom stereocenters. The Morgan fingerprint density at radius 2 is 2.08 bits per heavy atom. The van der Waals surface area contributed by atoms with Gasteiger partial charge < -0.3 is 10.1 Å². The number of aromatic nitrogens is 1. The lowest BCUT2D eigenvalue weighted by Crippen LogP contribution is -2.35. The molecule has 36 heavy (non-hydrogen) atoms. The highest BCUT2D eigenvalue weighted by atomic mass is 32.2. The predicted molar refractivity (Wildman–Crippen MR) is 143 cm³/mol. The van der Waals surface area contributed by atoms with E-state index in [0.717, 1.165) is 18.4 Å². The SMILES string of the molecule is CCCn1c(NCc2ccc(F)cc2)c(/C=C2/SC(=S)N(CC3CCCO3)C2=O)c(C)c(C#N)c1=O. The highest BCUT2D eigenvalue weighted by molar-refractivity contribution is 8.26. The Labute approximate surface area is 218 Å². The summed E-state index contributed by atoms with van der Waals surface area (Å²) in [5.41, 5.74) is 1.54. The third kappa shape index (κ3) is 5.38. The number of pyridine rings is 1. The van der Waals surface area contributed by atoms with E-state index in [-0.39, 0.29) is 29.0 Å². The monoisotopic (exact) mass is 526 g/mol. The van der Waals surface area contributed by atoms with Crippen LogP contribution in [0.25, 0.3) is 6.08 Å². The molecule has 1 unspecified atom stereocenters. The van der Waals surface area contributed by atoms with E-state index in [9.17, 15) is 19.2 Å². The molecule has 10 heteroatoms. The lowest BCUT2D eigenvalue weighted by molar-refractivity contribution is -0.123. The van der Waals surface area contributed by atoms with Crippen molar-refractivity contribution in [2.75, 3.05) is 18.5 Å². The summed E-state index contributed by atoms with van der Waals surface area (Å²) in [6.07, 6.45) is 4.21. The number of hydrogen-bond donors (Lipinski definition) is 1. The number of ether oxygens (including phenoxy) is 1. The molecule has 2 aliphatic heterocycles. The van der Waals surface area contributed by atoms with Crippen LogP contribution in [-0.2, 0) is 22.6 Å². The van der Waals surface area contributed by atoms with Crippen molar-refractivity contribution in [1.29, 1.82) is 5.26 Å². The summed E-state index contributed by atoms with van der Waals surface area (Å²) in [4.78, 5) is 28.4. The number of hydrogen-bond acceptors (Lipinski definition) is 7. The van der Waals surface area contributed by atoms with Gasteiger partial charge in [0.2, 0.25) is 0 Å². The fourth-order valence-electron chi connectivity index (χ4n) is 4.36. The first-order chi connectivity index (χ1) is 17.3. The third-order valence-electron chi connectivity index (χ3n) is 6.25. The van der Waals surface area contributed by atoms with Crippen molar-refractivity contribution in [2.24, 2.45) is 0 Å². The summed E-state index contributed by atoms with van der Waals surface area (Å²) < 4.78 is 21.0. The molecule has 0 spiro atoms. The van der Waals surface area contributed by atoms with Gasteiger partial charge >= 0.3 is 0 Å². The van der Waals surface area contributed by atoms with Crippen LogP contribution in [0.2, 0.25) is 0 Å². The molecule has 2 fully saturated rings. The summed E-state index contributed by atoms with van der Waals surface area (Å²) >= 11 is 6.70. The van der Waals surface area contributed by atoms with Gasteiger partial charge in [-0.15, -0.1) is 0 Å². The van der Waals surface area contributed by atoms with Crippen molar-refractivity contribution in [3.05, 3.63) is 67.6 Å². The van der Waals surface area contributed by atoms with Crippen LogP contribution < -0.4 is 10.9 Å². The number of carbonyl (C=O) groups is 1. The van der Waals surface area contributed by atoms with Crippen LogP contribution in [0.3, 0.4) is 0 Å². The molecule has 0 aliphatic carbocycles. The van der Waals surface area contributed by atoms with Gasteiger partial charge in [0.15, 0.2) is 0 Å². The van der Waals surface area contributed by atoms with E-state index in [1.165, 1.54) is 28.5 Å². The Kier molecular flexibility index (Phi) is 8.24. The first-order valence-corrected chi connectivity index (χ1v) is 13.1. The summed E-state index contributed by atoms with van der Waals surface area (Å²) in [5.74, 6) is -0.0372. The standard InChI is InChI=1S/C26H27FN4O3S2/c1-3-10-30-23(29-14-17-6-8-18(27)9-7-17)20(16(2)21(13-28)24(30)32)12-22-25(33)31(26(35)36-22)15-19-5-4-11-34-19/h6-9,12,19,29H,3-5,10-11,14-15H2,1-2H3/b22-12+. The molecule has 1 aromatic heterocycles. The fourth-order valence-corrected chi connectivity index (χ4v) is 5.62. The van der Waals surface area contributed by atoms with E-state index in [0.29, 0.717) is 58.8 Å². The number of amides is 1. The maximum Gasteiger partial charge on any atom is 0.270 e.